The minimum Gasteiger partial charge on any atom is -0.451 e. The molecule has 0 unspecified atom stereocenters. The Morgan fingerprint density at radius 2 is 1.83 bits per heavy atom. The standard InChI is InChI=1S/C16H20Cl2N2O4/c1-8(2)6-13(16(23)24-9(3)14(19)21)20-15(22)11-5-4-10(17)7-12(11)18/h4-5,7-9,13H,6H2,1-3H3,(H2,19,21)(H,20,22)/t9-,13-/m0/s1. The molecule has 0 heterocycles. The van der Waals surface area contributed by atoms with E-state index in [9.17, 15) is 14.4 Å². The largest absolute Gasteiger partial charge is 0.451 e. The molecule has 2 amide bonds. The van der Waals surface area contributed by atoms with Gasteiger partial charge in [0.2, 0.25) is 0 Å². The van der Waals surface area contributed by atoms with E-state index in [4.69, 9.17) is 33.7 Å². The molecule has 0 spiro atoms. The van der Waals surface area contributed by atoms with Gasteiger partial charge in [0, 0.05) is 5.02 Å². The quantitative estimate of drug-likeness (QED) is 0.716. The summed E-state index contributed by atoms with van der Waals surface area (Å²) < 4.78 is 4.98. The van der Waals surface area contributed by atoms with Crippen LogP contribution >= 0.6 is 23.2 Å². The molecule has 2 atom stereocenters. The molecule has 0 saturated carbocycles. The Morgan fingerprint density at radius 3 is 2.33 bits per heavy atom. The fourth-order valence-corrected chi connectivity index (χ4v) is 2.40. The van der Waals surface area contributed by atoms with Gasteiger partial charge in [0.1, 0.15) is 6.04 Å². The van der Waals surface area contributed by atoms with E-state index in [0.717, 1.165) is 0 Å². The van der Waals surface area contributed by atoms with Gasteiger partial charge in [-0.25, -0.2) is 4.79 Å². The maximum absolute atomic E-state index is 12.4. The van der Waals surface area contributed by atoms with E-state index >= 15 is 0 Å². The van der Waals surface area contributed by atoms with Crippen LogP contribution in [0.25, 0.3) is 0 Å². The van der Waals surface area contributed by atoms with E-state index < -0.39 is 29.9 Å². The Bertz CT molecular complexity index is 635. The van der Waals surface area contributed by atoms with E-state index in [1.54, 1.807) is 0 Å². The van der Waals surface area contributed by atoms with Crippen LogP contribution in [0.15, 0.2) is 18.2 Å². The van der Waals surface area contributed by atoms with Crippen molar-refractivity contribution in [2.75, 3.05) is 0 Å². The number of ether oxygens (including phenoxy) is 1. The zero-order valence-electron chi connectivity index (χ0n) is 13.6. The number of nitrogens with two attached hydrogens (primary N) is 1. The van der Waals surface area contributed by atoms with Crippen molar-refractivity contribution >= 4 is 41.0 Å². The second kappa shape index (κ2) is 8.89. The van der Waals surface area contributed by atoms with Crippen LogP contribution in [0, 0.1) is 5.92 Å². The second-order valence-electron chi connectivity index (χ2n) is 5.76. The lowest BCUT2D eigenvalue weighted by atomic mass is 10.0. The number of halogens is 2. The monoisotopic (exact) mass is 374 g/mol. The highest BCUT2D eigenvalue weighted by atomic mass is 35.5. The first-order valence-electron chi connectivity index (χ1n) is 7.37. The van der Waals surface area contributed by atoms with E-state index in [1.165, 1.54) is 25.1 Å². The molecule has 24 heavy (non-hydrogen) atoms. The van der Waals surface area contributed by atoms with Gasteiger partial charge in [0.25, 0.3) is 11.8 Å². The first kappa shape index (κ1) is 20.3. The predicted molar refractivity (Wildman–Crippen MR) is 91.9 cm³/mol. The topological polar surface area (TPSA) is 98.5 Å². The number of amides is 2. The highest BCUT2D eigenvalue weighted by Gasteiger charge is 2.27. The third-order valence-electron chi connectivity index (χ3n) is 3.17. The summed E-state index contributed by atoms with van der Waals surface area (Å²) in [5, 5.41) is 3.14. The van der Waals surface area contributed by atoms with Crippen molar-refractivity contribution in [3.63, 3.8) is 0 Å². The smallest absolute Gasteiger partial charge is 0.329 e. The molecule has 3 N–H and O–H groups in total. The summed E-state index contributed by atoms with van der Waals surface area (Å²) in [6, 6.07) is 3.49. The number of carbonyl (C=O) groups excluding carboxylic acids is 3. The van der Waals surface area contributed by atoms with Crippen molar-refractivity contribution < 1.29 is 19.1 Å². The molecule has 0 bridgehead atoms. The Hall–Kier alpha value is -1.79. The van der Waals surface area contributed by atoms with Gasteiger partial charge in [-0.05, 0) is 37.5 Å². The molecule has 0 radical (unpaired) electrons. The number of esters is 1. The summed E-state index contributed by atoms with van der Waals surface area (Å²) in [5.74, 6) is -1.93. The molecule has 6 nitrogen and oxygen atoms in total. The number of rotatable bonds is 7. The van der Waals surface area contributed by atoms with Crippen molar-refractivity contribution in [1.82, 2.24) is 5.32 Å². The Kier molecular flexibility index (Phi) is 7.51. The lowest BCUT2D eigenvalue weighted by Crippen LogP contribution is -2.45. The summed E-state index contributed by atoms with van der Waals surface area (Å²) in [4.78, 5) is 35.6. The zero-order chi connectivity index (χ0) is 18.4. The lowest BCUT2D eigenvalue weighted by Gasteiger charge is -2.21. The molecular formula is C16H20Cl2N2O4. The number of primary amides is 1. The zero-order valence-corrected chi connectivity index (χ0v) is 15.1. The van der Waals surface area contributed by atoms with Crippen molar-refractivity contribution in [3.8, 4) is 0 Å². The summed E-state index contributed by atoms with van der Waals surface area (Å²) in [6.45, 7) is 5.14. The van der Waals surface area contributed by atoms with Crippen LogP contribution in [0.1, 0.15) is 37.6 Å². The van der Waals surface area contributed by atoms with Gasteiger partial charge in [-0.15, -0.1) is 0 Å². The van der Waals surface area contributed by atoms with E-state index in [0.29, 0.717) is 11.4 Å². The molecule has 1 aromatic carbocycles. The third kappa shape index (κ3) is 6.02. The number of benzene rings is 1. The molecular weight excluding hydrogens is 355 g/mol. The van der Waals surface area contributed by atoms with Crippen LogP contribution < -0.4 is 11.1 Å². The molecule has 1 rings (SSSR count). The number of nitrogens with one attached hydrogen (secondary N) is 1. The van der Waals surface area contributed by atoms with Gasteiger partial charge in [0.05, 0.1) is 10.6 Å². The molecule has 0 aliphatic heterocycles. The van der Waals surface area contributed by atoms with Crippen molar-refractivity contribution in [2.45, 2.75) is 39.3 Å². The fraction of sp³-hybridized carbons (Fsp3) is 0.438. The van der Waals surface area contributed by atoms with Gasteiger partial charge in [-0.1, -0.05) is 37.0 Å². The van der Waals surface area contributed by atoms with Crippen LogP contribution in [0.2, 0.25) is 10.0 Å². The fourth-order valence-electron chi connectivity index (χ4n) is 1.91. The predicted octanol–water partition coefficient (Wildman–Crippen LogP) is 2.55. The molecule has 132 valence electrons. The van der Waals surface area contributed by atoms with Crippen LogP contribution in [0.3, 0.4) is 0 Å². The van der Waals surface area contributed by atoms with Crippen LogP contribution in [-0.4, -0.2) is 29.9 Å². The molecule has 0 aliphatic carbocycles. The maximum atomic E-state index is 12.4. The third-order valence-corrected chi connectivity index (χ3v) is 3.71. The average molecular weight is 375 g/mol. The molecule has 0 fully saturated rings. The lowest BCUT2D eigenvalue weighted by molar-refractivity contribution is -0.156. The van der Waals surface area contributed by atoms with Gasteiger partial charge in [-0.2, -0.15) is 0 Å². The minimum atomic E-state index is -1.08. The highest BCUT2D eigenvalue weighted by Crippen LogP contribution is 2.21. The summed E-state index contributed by atoms with van der Waals surface area (Å²) in [6.07, 6.45) is -0.746. The molecule has 0 aliphatic rings. The van der Waals surface area contributed by atoms with Gasteiger partial charge in [0.15, 0.2) is 6.10 Å². The first-order valence-corrected chi connectivity index (χ1v) is 8.13. The molecule has 0 saturated heterocycles. The van der Waals surface area contributed by atoms with Gasteiger partial charge in [-0.3, -0.25) is 9.59 Å². The SMILES string of the molecule is CC(C)C[C@H](NC(=O)c1ccc(Cl)cc1Cl)C(=O)O[C@@H](C)C(N)=O. The maximum Gasteiger partial charge on any atom is 0.329 e. The van der Waals surface area contributed by atoms with E-state index in [2.05, 4.69) is 5.32 Å². The minimum absolute atomic E-state index is 0.104. The van der Waals surface area contributed by atoms with Gasteiger partial charge < -0.3 is 15.8 Å². The van der Waals surface area contributed by atoms with Crippen molar-refractivity contribution in [2.24, 2.45) is 11.7 Å². The second-order valence-corrected chi connectivity index (χ2v) is 6.60. The Labute approximate surface area is 150 Å². The summed E-state index contributed by atoms with van der Waals surface area (Å²) >= 11 is 11.8. The number of carbonyl (C=O) groups is 3. The van der Waals surface area contributed by atoms with Crippen LogP contribution in [0.5, 0.6) is 0 Å². The van der Waals surface area contributed by atoms with Crippen molar-refractivity contribution in [1.29, 1.82) is 0 Å². The van der Waals surface area contributed by atoms with Gasteiger partial charge >= 0.3 is 5.97 Å². The average Bonchev–Trinajstić information content (AvgIpc) is 2.45. The molecule has 0 aromatic heterocycles. The van der Waals surface area contributed by atoms with Crippen molar-refractivity contribution in [3.05, 3.63) is 33.8 Å². The van der Waals surface area contributed by atoms with E-state index in [-0.39, 0.29) is 16.5 Å². The Morgan fingerprint density at radius 1 is 1.21 bits per heavy atom. The number of hydrogen-bond acceptors (Lipinski definition) is 4. The van der Waals surface area contributed by atoms with Crippen LogP contribution in [-0.2, 0) is 14.3 Å². The normalized spacial score (nSPS) is 13.2. The number of hydrogen-bond donors (Lipinski definition) is 2. The first-order chi connectivity index (χ1) is 11.1. The van der Waals surface area contributed by atoms with Crippen LogP contribution in [0.4, 0.5) is 0 Å². The van der Waals surface area contributed by atoms with E-state index in [1.807, 2.05) is 13.8 Å². The molecule has 1 aromatic rings. The molecule has 8 heteroatoms. The summed E-state index contributed by atoms with van der Waals surface area (Å²) in [7, 11) is 0. The Balaban J connectivity index is 2.90. The highest BCUT2D eigenvalue weighted by molar-refractivity contribution is 6.36. The summed E-state index contributed by atoms with van der Waals surface area (Å²) in [5.41, 5.74) is 5.26.